The molecule has 0 atom stereocenters. The molecule has 5 heteroatoms. The quantitative estimate of drug-likeness (QED) is 0.794. The van der Waals surface area contributed by atoms with E-state index in [1.54, 1.807) is 0 Å². The molecule has 1 aromatic carbocycles. The molecule has 1 fully saturated rings. The van der Waals surface area contributed by atoms with Crippen LogP contribution >= 0.6 is 11.3 Å². The fourth-order valence-electron chi connectivity index (χ4n) is 3.56. The molecule has 124 valence electrons. The van der Waals surface area contributed by atoms with Crippen molar-refractivity contribution in [2.24, 2.45) is 0 Å². The van der Waals surface area contributed by atoms with Gasteiger partial charge in [-0.2, -0.15) is 0 Å². The van der Waals surface area contributed by atoms with Gasteiger partial charge in [-0.15, -0.1) is 11.3 Å². The third-order valence-electron chi connectivity index (χ3n) is 4.94. The minimum Gasteiger partial charge on any atom is -0.486 e. The molecule has 1 spiro atoms. The fourth-order valence-corrected chi connectivity index (χ4v) is 4.25. The van der Waals surface area contributed by atoms with Crippen LogP contribution in [0.3, 0.4) is 0 Å². The van der Waals surface area contributed by atoms with Crippen LogP contribution in [0.2, 0.25) is 0 Å². The Kier molecular flexibility index (Phi) is 3.68. The summed E-state index contributed by atoms with van der Waals surface area (Å²) in [6.07, 6.45) is 1.80. The number of benzene rings is 1. The highest BCUT2D eigenvalue weighted by molar-refractivity contribution is 7.12. The minimum atomic E-state index is -0.453. The summed E-state index contributed by atoms with van der Waals surface area (Å²) in [6, 6.07) is 9.52. The molecule has 1 amide bonds. The molecular formula is C19H19NO3S. The summed E-state index contributed by atoms with van der Waals surface area (Å²) in [4.78, 5) is 27.7. The van der Waals surface area contributed by atoms with Gasteiger partial charge in [0.15, 0.2) is 5.78 Å². The molecular weight excluding hydrogens is 322 g/mol. The number of carbonyl (C=O) groups is 2. The third-order valence-corrected chi connectivity index (χ3v) is 5.80. The van der Waals surface area contributed by atoms with Gasteiger partial charge < -0.3 is 9.64 Å². The zero-order valence-corrected chi connectivity index (χ0v) is 14.4. The van der Waals surface area contributed by atoms with Gasteiger partial charge in [-0.25, -0.2) is 0 Å². The maximum Gasteiger partial charge on any atom is 0.263 e. The summed E-state index contributed by atoms with van der Waals surface area (Å²) in [7, 11) is 0. The van der Waals surface area contributed by atoms with Crippen molar-refractivity contribution in [2.75, 3.05) is 13.1 Å². The van der Waals surface area contributed by atoms with E-state index >= 15 is 0 Å². The van der Waals surface area contributed by atoms with Crippen LogP contribution < -0.4 is 4.74 Å². The first-order valence-corrected chi connectivity index (χ1v) is 9.10. The van der Waals surface area contributed by atoms with Crippen molar-refractivity contribution in [1.29, 1.82) is 0 Å². The van der Waals surface area contributed by atoms with Gasteiger partial charge in [0.25, 0.3) is 5.91 Å². The summed E-state index contributed by atoms with van der Waals surface area (Å²) in [5.41, 5.74) is 1.31. The summed E-state index contributed by atoms with van der Waals surface area (Å²) in [6.45, 7) is 3.24. The number of hydrogen-bond acceptors (Lipinski definition) is 4. The molecule has 0 bridgehead atoms. The molecule has 0 radical (unpaired) electrons. The highest BCUT2D eigenvalue weighted by Gasteiger charge is 2.43. The van der Waals surface area contributed by atoms with Gasteiger partial charge in [0.1, 0.15) is 11.4 Å². The number of Topliss-reactive ketones (excluding diaryl/α,β-unsaturated/α-hetero) is 1. The van der Waals surface area contributed by atoms with E-state index in [0.717, 1.165) is 10.4 Å². The second-order valence-electron chi connectivity index (χ2n) is 6.65. The van der Waals surface area contributed by atoms with Gasteiger partial charge in [0, 0.05) is 25.9 Å². The Labute approximate surface area is 145 Å². The molecule has 2 aliphatic heterocycles. The summed E-state index contributed by atoms with van der Waals surface area (Å²) >= 11 is 1.47. The molecule has 0 aliphatic carbocycles. The Hall–Kier alpha value is -2.14. The van der Waals surface area contributed by atoms with Crippen LogP contribution in [0, 0.1) is 6.92 Å². The Balaban J connectivity index is 1.50. The molecule has 1 saturated heterocycles. The van der Waals surface area contributed by atoms with E-state index in [1.807, 2.05) is 47.5 Å². The van der Waals surface area contributed by atoms with Crippen LogP contribution in [-0.2, 0) is 0 Å². The maximum atomic E-state index is 12.6. The number of hydrogen-bond donors (Lipinski definition) is 0. The number of rotatable bonds is 1. The number of piperidine rings is 1. The standard InChI is InChI=1S/C19H19NO3S/c1-13-4-5-16-14(11-13)15(21)12-19(23-16)6-8-20(9-7-19)18(22)17-3-2-10-24-17/h2-5,10-11H,6-9,12H2,1H3. The number of thiophene rings is 1. The lowest BCUT2D eigenvalue weighted by atomic mass is 9.82. The van der Waals surface area contributed by atoms with E-state index in [0.29, 0.717) is 43.7 Å². The van der Waals surface area contributed by atoms with Gasteiger partial charge in [0.05, 0.1) is 16.9 Å². The largest absolute Gasteiger partial charge is 0.486 e. The number of ether oxygens (including phenoxy) is 1. The zero-order chi connectivity index (χ0) is 16.7. The first kappa shape index (κ1) is 15.4. The van der Waals surface area contributed by atoms with Crippen LogP contribution in [0.5, 0.6) is 5.75 Å². The van der Waals surface area contributed by atoms with Crippen molar-refractivity contribution in [1.82, 2.24) is 4.90 Å². The van der Waals surface area contributed by atoms with E-state index < -0.39 is 5.60 Å². The normalized spacial score (nSPS) is 19.0. The van der Waals surface area contributed by atoms with Gasteiger partial charge in [-0.05, 0) is 30.5 Å². The number of likely N-dealkylation sites (tertiary alicyclic amines) is 1. The number of amides is 1. The number of carbonyl (C=O) groups excluding carboxylic acids is 2. The van der Waals surface area contributed by atoms with E-state index in [2.05, 4.69) is 0 Å². The molecule has 1 aromatic heterocycles. The van der Waals surface area contributed by atoms with Gasteiger partial charge in [0.2, 0.25) is 0 Å². The monoisotopic (exact) mass is 341 g/mol. The van der Waals surface area contributed by atoms with Crippen LogP contribution in [0.25, 0.3) is 0 Å². The summed E-state index contributed by atoms with van der Waals surface area (Å²) in [5.74, 6) is 0.922. The molecule has 3 heterocycles. The van der Waals surface area contributed by atoms with Gasteiger partial charge in [-0.3, -0.25) is 9.59 Å². The number of aryl methyl sites for hydroxylation is 1. The van der Waals surface area contributed by atoms with Crippen molar-refractivity contribution in [3.05, 3.63) is 51.7 Å². The topological polar surface area (TPSA) is 46.6 Å². The first-order chi connectivity index (χ1) is 11.6. The molecule has 0 saturated carbocycles. The number of ketones is 1. The highest BCUT2D eigenvalue weighted by atomic mass is 32.1. The van der Waals surface area contributed by atoms with Crippen molar-refractivity contribution in [2.45, 2.75) is 31.8 Å². The van der Waals surface area contributed by atoms with Gasteiger partial charge >= 0.3 is 0 Å². The lowest BCUT2D eigenvalue weighted by molar-refractivity contribution is -0.00560. The Bertz CT molecular complexity index is 789. The molecule has 0 N–H and O–H groups in total. The van der Waals surface area contributed by atoms with E-state index in [1.165, 1.54) is 11.3 Å². The Morgan fingerprint density at radius 1 is 1.25 bits per heavy atom. The summed E-state index contributed by atoms with van der Waals surface area (Å²) < 4.78 is 6.25. The smallest absolute Gasteiger partial charge is 0.263 e. The molecule has 2 aromatic rings. The maximum absolute atomic E-state index is 12.6. The second-order valence-corrected chi connectivity index (χ2v) is 7.60. The van der Waals surface area contributed by atoms with Crippen molar-refractivity contribution in [3.63, 3.8) is 0 Å². The molecule has 4 rings (SSSR count). The SMILES string of the molecule is Cc1ccc2c(c1)C(=O)CC1(CCN(C(=O)c3cccs3)CC1)O2. The highest BCUT2D eigenvalue weighted by Crippen LogP contribution is 2.39. The molecule has 0 unspecified atom stereocenters. The first-order valence-electron chi connectivity index (χ1n) is 8.22. The van der Waals surface area contributed by atoms with Crippen LogP contribution in [0.4, 0.5) is 0 Å². The van der Waals surface area contributed by atoms with E-state index in [4.69, 9.17) is 4.74 Å². The van der Waals surface area contributed by atoms with Gasteiger partial charge in [-0.1, -0.05) is 17.7 Å². The van der Waals surface area contributed by atoms with Crippen LogP contribution in [0.15, 0.2) is 35.7 Å². The van der Waals surface area contributed by atoms with Crippen LogP contribution in [0.1, 0.15) is 44.9 Å². The van der Waals surface area contributed by atoms with Crippen molar-refractivity contribution < 1.29 is 14.3 Å². The average molecular weight is 341 g/mol. The zero-order valence-electron chi connectivity index (χ0n) is 13.6. The van der Waals surface area contributed by atoms with Crippen molar-refractivity contribution in [3.8, 4) is 5.75 Å². The average Bonchev–Trinajstić information content (AvgIpc) is 3.10. The second kappa shape index (κ2) is 5.74. The summed E-state index contributed by atoms with van der Waals surface area (Å²) in [5, 5.41) is 1.92. The predicted molar refractivity (Wildman–Crippen MR) is 92.9 cm³/mol. The van der Waals surface area contributed by atoms with E-state index in [9.17, 15) is 9.59 Å². The fraction of sp³-hybridized carbons (Fsp3) is 0.368. The molecule has 2 aliphatic rings. The Morgan fingerprint density at radius 3 is 2.75 bits per heavy atom. The lowest BCUT2D eigenvalue weighted by Crippen LogP contribution is -2.52. The van der Waals surface area contributed by atoms with Crippen molar-refractivity contribution >= 4 is 23.0 Å². The van der Waals surface area contributed by atoms with E-state index in [-0.39, 0.29) is 11.7 Å². The molecule has 24 heavy (non-hydrogen) atoms. The minimum absolute atomic E-state index is 0.0815. The lowest BCUT2D eigenvalue weighted by Gasteiger charge is -2.43. The Morgan fingerprint density at radius 2 is 2.04 bits per heavy atom. The third kappa shape index (κ3) is 2.63. The number of fused-ring (bicyclic) bond motifs is 1. The predicted octanol–water partition coefficient (Wildman–Crippen LogP) is 3.70. The molecule has 4 nitrogen and oxygen atoms in total. The number of nitrogens with zero attached hydrogens (tertiary/aromatic N) is 1. The van der Waals surface area contributed by atoms with Crippen LogP contribution in [-0.4, -0.2) is 35.3 Å².